The fraction of sp³-hybridized carbons (Fsp3) is 0.545. The van der Waals surface area contributed by atoms with Gasteiger partial charge < -0.3 is 15.2 Å². The first-order valence-electron chi connectivity index (χ1n) is 5.94. The Bertz CT molecular complexity index is 514. The number of hydrazine groups is 1. The van der Waals surface area contributed by atoms with Gasteiger partial charge in [0.15, 0.2) is 5.88 Å². The number of rotatable bonds is 4. The molecule has 0 spiro atoms. The Morgan fingerprint density at radius 3 is 2.30 bits per heavy atom. The van der Waals surface area contributed by atoms with Crippen LogP contribution in [0.5, 0.6) is 0 Å². The van der Waals surface area contributed by atoms with Crippen LogP contribution in [0.2, 0.25) is 0 Å². The lowest BCUT2D eigenvalue weighted by Gasteiger charge is -2.34. The van der Waals surface area contributed by atoms with Gasteiger partial charge >= 0.3 is 12.4 Å². The molecule has 1 unspecified atom stereocenters. The van der Waals surface area contributed by atoms with E-state index in [1.807, 2.05) is 0 Å². The van der Waals surface area contributed by atoms with Gasteiger partial charge in [-0.05, 0) is 19.1 Å². The van der Waals surface area contributed by atoms with Crippen LogP contribution in [0.4, 0.5) is 26.3 Å². The lowest BCUT2D eigenvalue weighted by molar-refractivity contribution is -0.376. The molecule has 1 rings (SSSR count). The van der Waals surface area contributed by atoms with Gasteiger partial charge in [-0.25, -0.2) is 5.84 Å². The number of nitrogens with two attached hydrogens (primary N) is 1. The van der Waals surface area contributed by atoms with Gasteiger partial charge in [0.2, 0.25) is 0 Å². The monoisotopic (exact) mass is 349 g/mol. The molecule has 1 aliphatic heterocycles. The molecule has 0 aromatic heterocycles. The second-order valence-corrected chi connectivity index (χ2v) is 4.84. The maximum Gasteiger partial charge on any atom is 0.429 e. The second-order valence-electron chi connectivity index (χ2n) is 4.84. The van der Waals surface area contributed by atoms with E-state index in [2.05, 4.69) is 10.1 Å². The van der Waals surface area contributed by atoms with E-state index in [1.54, 1.807) is 5.43 Å². The van der Waals surface area contributed by atoms with E-state index in [0.717, 1.165) is 6.08 Å². The highest BCUT2D eigenvalue weighted by Crippen LogP contribution is 2.43. The van der Waals surface area contributed by atoms with Gasteiger partial charge in [-0.1, -0.05) is 6.08 Å². The quantitative estimate of drug-likeness (QED) is 0.258. The first kappa shape index (κ1) is 19.1. The SMILES string of the molecule is CC1(C(=O)NN)C=CC=C(OCC(O)(C(F)(F)F)C(F)(F)F)N1. The number of nitrogens with one attached hydrogen (secondary N) is 2. The molecule has 1 atom stereocenters. The van der Waals surface area contributed by atoms with Crippen molar-refractivity contribution in [2.24, 2.45) is 5.84 Å². The first-order valence-corrected chi connectivity index (χ1v) is 5.94. The summed E-state index contributed by atoms with van der Waals surface area (Å²) in [6.07, 6.45) is -8.61. The van der Waals surface area contributed by atoms with Crippen LogP contribution in [0.1, 0.15) is 6.92 Å². The summed E-state index contributed by atoms with van der Waals surface area (Å²) in [5.41, 5.74) is -4.84. The first-order chi connectivity index (χ1) is 10.3. The molecule has 12 heteroatoms. The molecule has 23 heavy (non-hydrogen) atoms. The standard InChI is InChI=1S/C11H13F6N3O3/c1-8(7(21)20-18)4-2-3-6(19-8)23-5-9(22,10(12,13)14)11(15,16)17/h2-4,19,22H,5,18H2,1H3,(H,20,21). The number of halogens is 6. The Hall–Kier alpha value is -1.95. The Kier molecular flexibility index (Phi) is 4.92. The van der Waals surface area contributed by atoms with Crippen LogP contribution in [-0.4, -0.2) is 41.1 Å². The zero-order valence-corrected chi connectivity index (χ0v) is 11.5. The fourth-order valence-electron chi connectivity index (χ4n) is 1.54. The number of ether oxygens (including phenoxy) is 1. The van der Waals surface area contributed by atoms with E-state index >= 15 is 0 Å². The van der Waals surface area contributed by atoms with Gasteiger partial charge in [0.05, 0.1) is 0 Å². The van der Waals surface area contributed by atoms with Gasteiger partial charge in [0, 0.05) is 0 Å². The van der Waals surface area contributed by atoms with Crippen LogP contribution < -0.4 is 16.6 Å². The number of carbonyl (C=O) groups excluding carboxylic acids is 1. The van der Waals surface area contributed by atoms with Gasteiger partial charge in [-0.3, -0.25) is 10.2 Å². The third kappa shape index (κ3) is 3.69. The maximum absolute atomic E-state index is 12.5. The maximum atomic E-state index is 12.5. The zero-order chi connectivity index (χ0) is 18.1. The number of amides is 1. The topological polar surface area (TPSA) is 96.6 Å². The summed E-state index contributed by atoms with van der Waals surface area (Å²) in [7, 11) is 0. The normalized spacial score (nSPS) is 22.2. The molecule has 0 saturated heterocycles. The van der Waals surface area contributed by atoms with Crippen molar-refractivity contribution < 1.29 is 41.0 Å². The molecule has 0 bridgehead atoms. The van der Waals surface area contributed by atoms with Gasteiger partial charge in [-0.15, -0.1) is 0 Å². The van der Waals surface area contributed by atoms with E-state index in [9.17, 15) is 31.1 Å². The Morgan fingerprint density at radius 2 is 1.87 bits per heavy atom. The van der Waals surface area contributed by atoms with E-state index in [4.69, 9.17) is 10.9 Å². The van der Waals surface area contributed by atoms with Crippen molar-refractivity contribution in [1.82, 2.24) is 10.7 Å². The summed E-state index contributed by atoms with van der Waals surface area (Å²) >= 11 is 0. The van der Waals surface area contributed by atoms with Gasteiger partial charge in [0.25, 0.3) is 11.5 Å². The van der Waals surface area contributed by atoms with Gasteiger partial charge in [0.1, 0.15) is 12.1 Å². The molecular weight excluding hydrogens is 336 g/mol. The van der Waals surface area contributed by atoms with E-state index in [-0.39, 0.29) is 0 Å². The van der Waals surface area contributed by atoms with Crippen LogP contribution >= 0.6 is 0 Å². The highest BCUT2D eigenvalue weighted by molar-refractivity contribution is 5.88. The predicted octanol–water partition coefficient (Wildman–Crippen LogP) is 0.608. The van der Waals surface area contributed by atoms with Crippen LogP contribution in [0.25, 0.3) is 0 Å². The molecule has 0 aromatic rings. The van der Waals surface area contributed by atoms with Crippen molar-refractivity contribution in [2.45, 2.75) is 30.4 Å². The number of hydrogen-bond donors (Lipinski definition) is 4. The van der Waals surface area contributed by atoms with Crippen LogP contribution in [0, 0.1) is 0 Å². The fourth-order valence-corrected chi connectivity index (χ4v) is 1.54. The van der Waals surface area contributed by atoms with Crippen molar-refractivity contribution in [3.05, 3.63) is 24.1 Å². The Morgan fingerprint density at radius 1 is 1.35 bits per heavy atom. The van der Waals surface area contributed by atoms with Crippen molar-refractivity contribution >= 4 is 5.91 Å². The minimum Gasteiger partial charge on any atom is -0.475 e. The zero-order valence-electron chi connectivity index (χ0n) is 11.5. The Balaban J connectivity index is 2.91. The summed E-state index contributed by atoms with van der Waals surface area (Å²) in [5, 5.41) is 11.2. The average molecular weight is 349 g/mol. The minimum atomic E-state index is -6.01. The molecule has 1 aliphatic rings. The Labute approximate surface area is 125 Å². The van der Waals surface area contributed by atoms with Gasteiger partial charge in [-0.2, -0.15) is 26.3 Å². The molecule has 1 heterocycles. The predicted molar refractivity (Wildman–Crippen MR) is 64.1 cm³/mol. The molecular formula is C11H13F6N3O3. The lowest BCUT2D eigenvalue weighted by Crippen LogP contribution is -2.60. The van der Waals surface area contributed by atoms with E-state index in [0.29, 0.717) is 0 Å². The largest absolute Gasteiger partial charge is 0.475 e. The van der Waals surface area contributed by atoms with E-state index < -0.39 is 41.9 Å². The molecule has 132 valence electrons. The molecule has 1 amide bonds. The molecule has 0 saturated carbocycles. The molecule has 0 aliphatic carbocycles. The van der Waals surface area contributed by atoms with Crippen LogP contribution in [-0.2, 0) is 9.53 Å². The lowest BCUT2D eigenvalue weighted by atomic mass is 9.99. The summed E-state index contributed by atoms with van der Waals surface area (Å²) in [6, 6.07) is 0. The molecule has 0 aromatic carbocycles. The number of allylic oxidation sites excluding steroid dienone is 2. The smallest absolute Gasteiger partial charge is 0.429 e. The summed E-state index contributed by atoms with van der Waals surface area (Å²) in [6.45, 7) is -0.894. The molecule has 5 N–H and O–H groups in total. The molecule has 0 radical (unpaired) electrons. The summed E-state index contributed by atoms with van der Waals surface area (Å²) in [5.74, 6) is 3.53. The van der Waals surface area contributed by atoms with Crippen molar-refractivity contribution in [3.8, 4) is 0 Å². The summed E-state index contributed by atoms with van der Waals surface area (Å²) < 4.78 is 79.4. The number of aliphatic hydroxyl groups is 1. The van der Waals surface area contributed by atoms with Crippen molar-refractivity contribution in [1.29, 1.82) is 0 Å². The number of dihydropyridines is 1. The highest BCUT2D eigenvalue weighted by Gasteiger charge is 2.71. The number of carbonyl (C=O) groups is 1. The molecule has 0 fully saturated rings. The second kappa shape index (κ2) is 5.92. The third-order valence-corrected chi connectivity index (χ3v) is 3.04. The number of hydrogen-bond acceptors (Lipinski definition) is 5. The van der Waals surface area contributed by atoms with Crippen LogP contribution in [0.3, 0.4) is 0 Å². The van der Waals surface area contributed by atoms with E-state index in [1.165, 1.54) is 19.1 Å². The minimum absolute atomic E-state index is 0.578. The van der Waals surface area contributed by atoms with Crippen molar-refractivity contribution in [2.75, 3.05) is 6.61 Å². The third-order valence-electron chi connectivity index (χ3n) is 3.04. The highest BCUT2D eigenvalue weighted by atomic mass is 19.4. The van der Waals surface area contributed by atoms with Crippen molar-refractivity contribution in [3.63, 3.8) is 0 Å². The number of alkyl halides is 6. The summed E-state index contributed by atoms with van der Waals surface area (Å²) in [4.78, 5) is 11.5. The van der Waals surface area contributed by atoms with Crippen LogP contribution in [0.15, 0.2) is 24.1 Å². The average Bonchev–Trinajstić information content (AvgIpc) is 2.41. The molecule has 6 nitrogen and oxygen atoms in total.